The molecule has 2 N–H and O–H groups in total. The van der Waals surface area contributed by atoms with Crippen molar-refractivity contribution in [1.29, 1.82) is 0 Å². The van der Waals surface area contributed by atoms with Crippen LogP contribution in [0.2, 0.25) is 5.02 Å². The predicted octanol–water partition coefficient (Wildman–Crippen LogP) is 3.34. The number of nitrogens with zero attached hydrogens (tertiary/aromatic N) is 2. The molecule has 1 amide bonds. The maximum absolute atomic E-state index is 12.7. The lowest BCUT2D eigenvalue weighted by molar-refractivity contribution is 0.0953. The van der Waals surface area contributed by atoms with Gasteiger partial charge in [0, 0.05) is 6.20 Å². The molecule has 1 heterocycles. The number of halogens is 1. The van der Waals surface area contributed by atoms with Crippen LogP contribution in [0.1, 0.15) is 27.0 Å². The minimum atomic E-state index is -0.633. The van der Waals surface area contributed by atoms with Crippen molar-refractivity contribution >= 4 is 23.7 Å². The van der Waals surface area contributed by atoms with Gasteiger partial charge in [0.2, 0.25) is 0 Å². The fourth-order valence-electron chi connectivity index (χ4n) is 2.77. The summed E-state index contributed by atoms with van der Waals surface area (Å²) in [5.74, 6) is -0.637. The van der Waals surface area contributed by atoms with Gasteiger partial charge in [-0.1, -0.05) is 41.4 Å². The molecule has 1 aromatic heterocycles. The second-order valence-corrected chi connectivity index (χ2v) is 7.00. The van der Waals surface area contributed by atoms with Crippen LogP contribution in [-0.4, -0.2) is 28.9 Å². The Balaban J connectivity index is 1.74. The third kappa shape index (κ3) is 4.87. The van der Waals surface area contributed by atoms with Crippen molar-refractivity contribution in [3.8, 4) is 11.5 Å². The van der Waals surface area contributed by atoms with E-state index in [1.807, 2.05) is 31.2 Å². The second-order valence-electron chi connectivity index (χ2n) is 6.59. The Labute approximate surface area is 178 Å². The molecule has 0 radical (unpaired) electrons. The number of pyridine rings is 1. The van der Waals surface area contributed by atoms with Gasteiger partial charge in [-0.15, -0.1) is 0 Å². The molecule has 0 aliphatic heterocycles. The van der Waals surface area contributed by atoms with Crippen molar-refractivity contribution in [1.82, 2.24) is 9.99 Å². The first-order valence-electron chi connectivity index (χ1n) is 9.04. The largest absolute Gasteiger partial charge is 0.503 e. The lowest BCUT2D eigenvalue weighted by Crippen LogP contribution is -2.30. The molecule has 0 spiro atoms. The van der Waals surface area contributed by atoms with Crippen molar-refractivity contribution in [2.45, 2.75) is 13.5 Å². The lowest BCUT2D eigenvalue weighted by atomic mass is 10.1. The molecule has 0 atom stereocenters. The molecule has 7 nitrogen and oxygen atoms in total. The molecule has 0 fully saturated rings. The molecule has 0 saturated carbocycles. The number of phenolic OH excluding ortho intramolecular Hbond substituents is 1. The van der Waals surface area contributed by atoms with Crippen LogP contribution in [0, 0.1) is 6.92 Å². The first kappa shape index (κ1) is 21.1. The number of benzene rings is 2. The maximum Gasteiger partial charge on any atom is 0.276 e. The van der Waals surface area contributed by atoms with Crippen molar-refractivity contribution < 1.29 is 14.6 Å². The molecule has 2 aromatic carbocycles. The summed E-state index contributed by atoms with van der Waals surface area (Å²) in [5, 5.41) is 13.7. The number of amides is 1. The van der Waals surface area contributed by atoms with Crippen LogP contribution >= 0.6 is 11.6 Å². The Bertz CT molecular complexity index is 1150. The van der Waals surface area contributed by atoms with Gasteiger partial charge >= 0.3 is 0 Å². The van der Waals surface area contributed by atoms with Crippen LogP contribution in [0.3, 0.4) is 0 Å². The van der Waals surface area contributed by atoms with Gasteiger partial charge in [-0.2, -0.15) is 5.10 Å². The standard InChI is InChI=1S/C22H20ClN3O4/c1-14-5-7-15(8-6-14)13-26-9-3-4-17(22(26)29)21(28)25-24-12-16-10-18(23)20(27)19(11-16)30-2/h3-12,27H,13H2,1-2H3,(H,25,28)/b24-12-. The average Bonchev–Trinajstić information content (AvgIpc) is 2.73. The van der Waals surface area contributed by atoms with E-state index in [1.165, 1.54) is 36.1 Å². The zero-order valence-electron chi connectivity index (χ0n) is 16.4. The number of carbonyl (C=O) groups is 1. The van der Waals surface area contributed by atoms with Gasteiger partial charge in [0.05, 0.1) is 24.9 Å². The van der Waals surface area contributed by atoms with E-state index in [-0.39, 0.29) is 22.1 Å². The number of aromatic nitrogens is 1. The Morgan fingerprint density at radius 2 is 2.00 bits per heavy atom. The van der Waals surface area contributed by atoms with Crippen molar-refractivity contribution in [3.05, 3.63) is 92.4 Å². The molecular formula is C22H20ClN3O4. The van der Waals surface area contributed by atoms with E-state index >= 15 is 0 Å². The monoisotopic (exact) mass is 425 g/mol. The minimum Gasteiger partial charge on any atom is -0.503 e. The van der Waals surface area contributed by atoms with Gasteiger partial charge in [0.15, 0.2) is 11.5 Å². The minimum absolute atomic E-state index is 0.0249. The first-order chi connectivity index (χ1) is 14.4. The highest BCUT2D eigenvalue weighted by Crippen LogP contribution is 2.34. The van der Waals surface area contributed by atoms with Crippen LogP contribution in [0.25, 0.3) is 0 Å². The Hall–Kier alpha value is -3.58. The van der Waals surface area contributed by atoms with Gasteiger partial charge in [0.1, 0.15) is 5.56 Å². The number of hydrazone groups is 1. The SMILES string of the molecule is COc1cc(/C=N\NC(=O)c2cccn(Cc3ccc(C)cc3)c2=O)cc(Cl)c1O. The van der Waals surface area contributed by atoms with E-state index in [1.54, 1.807) is 12.3 Å². The van der Waals surface area contributed by atoms with Gasteiger partial charge in [-0.3, -0.25) is 9.59 Å². The smallest absolute Gasteiger partial charge is 0.276 e. The predicted molar refractivity (Wildman–Crippen MR) is 116 cm³/mol. The quantitative estimate of drug-likeness (QED) is 0.468. The summed E-state index contributed by atoms with van der Waals surface area (Å²) >= 11 is 5.93. The zero-order chi connectivity index (χ0) is 21.7. The van der Waals surface area contributed by atoms with E-state index in [2.05, 4.69) is 10.5 Å². The van der Waals surface area contributed by atoms with E-state index < -0.39 is 11.5 Å². The maximum atomic E-state index is 12.7. The summed E-state index contributed by atoms with van der Waals surface area (Å²) in [6.45, 7) is 2.35. The summed E-state index contributed by atoms with van der Waals surface area (Å²) in [6.07, 6.45) is 2.96. The number of aromatic hydroxyl groups is 1. The van der Waals surface area contributed by atoms with Gasteiger partial charge in [-0.25, -0.2) is 5.43 Å². The fraction of sp³-hybridized carbons (Fsp3) is 0.136. The summed E-state index contributed by atoms with van der Waals surface area (Å²) in [5.41, 5.74) is 4.47. The molecule has 0 aliphatic carbocycles. The number of nitrogens with one attached hydrogen (secondary N) is 1. The lowest BCUT2D eigenvalue weighted by Gasteiger charge is -2.08. The number of rotatable bonds is 6. The number of methoxy groups -OCH3 is 1. The zero-order valence-corrected chi connectivity index (χ0v) is 17.2. The molecule has 0 aliphatic rings. The summed E-state index contributed by atoms with van der Waals surface area (Å²) in [6, 6.07) is 13.9. The third-order valence-corrected chi connectivity index (χ3v) is 4.68. The normalized spacial score (nSPS) is 10.9. The highest BCUT2D eigenvalue weighted by molar-refractivity contribution is 6.32. The molecular weight excluding hydrogens is 406 g/mol. The molecule has 0 saturated heterocycles. The topological polar surface area (TPSA) is 92.9 Å². The number of carbonyl (C=O) groups excluding carboxylic acids is 1. The molecule has 8 heteroatoms. The first-order valence-corrected chi connectivity index (χ1v) is 9.41. The van der Waals surface area contributed by atoms with Crippen molar-refractivity contribution in [2.75, 3.05) is 7.11 Å². The highest BCUT2D eigenvalue weighted by Gasteiger charge is 2.12. The van der Waals surface area contributed by atoms with Crippen LogP contribution in [0.15, 0.2) is 64.6 Å². The number of phenols is 1. The number of aryl methyl sites for hydroxylation is 1. The highest BCUT2D eigenvalue weighted by atomic mass is 35.5. The molecule has 3 aromatic rings. The molecule has 0 unspecified atom stereocenters. The number of ether oxygens (including phenoxy) is 1. The summed E-state index contributed by atoms with van der Waals surface area (Å²) < 4.78 is 6.49. The van der Waals surface area contributed by atoms with E-state index in [0.717, 1.165) is 11.1 Å². The molecule has 30 heavy (non-hydrogen) atoms. The van der Waals surface area contributed by atoms with Crippen molar-refractivity contribution in [2.24, 2.45) is 5.10 Å². The van der Waals surface area contributed by atoms with E-state index in [9.17, 15) is 14.7 Å². The van der Waals surface area contributed by atoms with E-state index in [4.69, 9.17) is 16.3 Å². The molecule has 0 bridgehead atoms. The fourth-order valence-corrected chi connectivity index (χ4v) is 2.99. The van der Waals surface area contributed by atoms with Gasteiger partial charge in [-0.05, 0) is 42.3 Å². The Kier molecular flexibility index (Phi) is 6.54. The molecule has 154 valence electrons. The second kappa shape index (κ2) is 9.28. The Morgan fingerprint density at radius 1 is 1.27 bits per heavy atom. The number of hydrogen-bond donors (Lipinski definition) is 2. The van der Waals surface area contributed by atoms with Crippen molar-refractivity contribution in [3.63, 3.8) is 0 Å². The van der Waals surface area contributed by atoms with E-state index in [0.29, 0.717) is 12.1 Å². The van der Waals surface area contributed by atoms with Crippen LogP contribution in [-0.2, 0) is 6.54 Å². The van der Waals surface area contributed by atoms with Crippen LogP contribution in [0.5, 0.6) is 11.5 Å². The van der Waals surface area contributed by atoms with Crippen LogP contribution < -0.4 is 15.7 Å². The Morgan fingerprint density at radius 3 is 2.70 bits per heavy atom. The average molecular weight is 426 g/mol. The van der Waals surface area contributed by atoms with Gasteiger partial charge < -0.3 is 14.4 Å². The van der Waals surface area contributed by atoms with Gasteiger partial charge in [0.25, 0.3) is 11.5 Å². The summed E-state index contributed by atoms with van der Waals surface area (Å²) in [7, 11) is 1.39. The third-order valence-electron chi connectivity index (χ3n) is 4.39. The van der Waals surface area contributed by atoms with Crippen LogP contribution in [0.4, 0.5) is 0 Å². The number of hydrogen-bond acceptors (Lipinski definition) is 5. The molecule has 3 rings (SSSR count). The summed E-state index contributed by atoms with van der Waals surface area (Å²) in [4.78, 5) is 25.1.